The van der Waals surface area contributed by atoms with E-state index in [4.69, 9.17) is 25.8 Å². The second-order valence-electron chi connectivity index (χ2n) is 5.84. The quantitative estimate of drug-likeness (QED) is 0.583. The molecule has 0 bridgehead atoms. The van der Waals surface area contributed by atoms with Crippen molar-refractivity contribution in [2.24, 2.45) is 0 Å². The van der Waals surface area contributed by atoms with E-state index in [9.17, 15) is 9.59 Å². The smallest absolute Gasteiger partial charge is 0.350 e. The fourth-order valence-electron chi connectivity index (χ4n) is 2.56. The normalized spacial score (nSPS) is 11.7. The van der Waals surface area contributed by atoms with Crippen LogP contribution < -0.4 is 14.8 Å². The van der Waals surface area contributed by atoms with Crippen molar-refractivity contribution in [1.29, 1.82) is 0 Å². The topological polar surface area (TPSA) is 73.9 Å². The zero-order valence-electron chi connectivity index (χ0n) is 15.4. The van der Waals surface area contributed by atoms with Crippen molar-refractivity contribution in [1.82, 2.24) is 0 Å². The molecule has 0 fully saturated rings. The first-order valence-electron chi connectivity index (χ1n) is 8.35. The monoisotopic (exact) mass is 419 g/mol. The molecule has 0 spiro atoms. The van der Waals surface area contributed by atoms with E-state index in [0.29, 0.717) is 22.2 Å². The van der Waals surface area contributed by atoms with Crippen molar-refractivity contribution in [3.8, 4) is 11.5 Å². The standard InChI is InChI=1S/C20H18ClNO5S/c1-11(19(23)22-14-10-12(25-2)8-9-15(14)26-3)27-20(24)18-17(21)13-6-4-5-7-16(13)28-18/h4-11H,1-3H3,(H,22,23). The van der Waals surface area contributed by atoms with Crippen LogP contribution in [0.4, 0.5) is 5.69 Å². The average molecular weight is 420 g/mol. The number of carbonyl (C=O) groups is 2. The lowest BCUT2D eigenvalue weighted by atomic mass is 10.2. The number of thiophene rings is 1. The summed E-state index contributed by atoms with van der Waals surface area (Å²) in [5, 5.41) is 3.79. The maximum atomic E-state index is 12.5. The van der Waals surface area contributed by atoms with E-state index in [0.717, 1.165) is 10.1 Å². The highest BCUT2D eigenvalue weighted by Crippen LogP contribution is 2.36. The highest BCUT2D eigenvalue weighted by molar-refractivity contribution is 7.21. The van der Waals surface area contributed by atoms with Gasteiger partial charge in [-0.3, -0.25) is 4.79 Å². The number of hydrogen-bond acceptors (Lipinski definition) is 6. The van der Waals surface area contributed by atoms with Crippen LogP contribution in [-0.2, 0) is 9.53 Å². The number of esters is 1. The lowest BCUT2D eigenvalue weighted by molar-refractivity contribution is -0.123. The summed E-state index contributed by atoms with van der Waals surface area (Å²) in [4.78, 5) is 25.3. The van der Waals surface area contributed by atoms with Crippen molar-refractivity contribution < 1.29 is 23.8 Å². The molecule has 0 aliphatic carbocycles. The van der Waals surface area contributed by atoms with Gasteiger partial charge < -0.3 is 19.5 Å². The molecule has 6 nitrogen and oxygen atoms in total. The summed E-state index contributed by atoms with van der Waals surface area (Å²) in [6.07, 6.45) is -1.04. The van der Waals surface area contributed by atoms with Gasteiger partial charge in [0.05, 0.1) is 24.9 Å². The Morgan fingerprint density at radius 3 is 2.54 bits per heavy atom. The molecule has 3 aromatic rings. The summed E-state index contributed by atoms with van der Waals surface area (Å²) in [7, 11) is 3.01. The van der Waals surface area contributed by atoms with E-state index in [1.165, 1.54) is 32.5 Å². The highest BCUT2D eigenvalue weighted by Gasteiger charge is 2.24. The molecule has 2 aromatic carbocycles. The van der Waals surface area contributed by atoms with Crippen LogP contribution in [0.25, 0.3) is 10.1 Å². The van der Waals surface area contributed by atoms with Crippen molar-refractivity contribution in [2.75, 3.05) is 19.5 Å². The summed E-state index contributed by atoms with van der Waals surface area (Å²) in [5.74, 6) is -0.137. The van der Waals surface area contributed by atoms with Crippen molar-refractivity contribution >= 4 is 50.6 Å². The second kappa shape index (κ2) is 8.50. The fourth-order valence-corrected chi connectivity index (χ4v) is 3.95. The van der Waals surface area contributed by atoms with Gasteiger partial charge in [-0.1, -0.05) is 29.8 Å². The first-order valence-corrected chi connectivity index (χ1v) is 9.55. The maximum Gasteiger partial charge on any atom is 0.350 e. The third-order valence-electron chi connectivity index (χ3n) is 4.04. The number of benzene rings is 2. The van der Waals surface area contributed by atoms with E-state index in [2.05, 4.69) is 5.32 Å². The summed E-state index contributed by atoms with van der Waals surface area (Å²) >= 11 is 7.52. The first-order chi connectivity index (χ1) is 13.4. The molecular formula is C20H18ClNO5S. The van der Waals surface area contributed by atoms with E-state index in [1.807, 2.05) is 24.3 Å². The molecule has 28 heavy (non-hydrogen) atoms. The fraction of sp³-hybridized carbons (Fsp3) is 0.200. The number of carbonyl (C=O) groups excluding carboxylic acids is 2. The Kier molecular flexibility index (Phi) is 6.06. The van der Waals surface area contributed by atoms with E-state index in [1.54, 1.807) is 18.2 Å². The van der Waals surface area contributed by atoms with Gasteiger partial charge >= 0.3 is 5.97 Å². The molecule has 0 saturated carbocycles. The van der Waals surface area contributed by atoms with Crippen LogP contribution in [0.2, 0.25) is 5.02 Å². The molecule has 1 N–H and O–H groups in total. The predicted molar refractivity (Wildman–Crippen MR) is 110 cm³/mol. The molecule has 146 valence electrons. The van der Waals surface area contributed by atoms with Gasteiger partial charge in [-0.25, -0.2) is 4.79 Å². The third kappa shape index (κ3) is 4.05. The Hall–Kier alpha value is -2.77. The van der Waals surface area contributed by atoms with Crippen LogP contribution in [0.3, 0.4) is 0 Å². The maximum absolute atomic E-state index is 12.5. The van der Waals surface area contributed by atoms with Crippen LogP contribution in [0, 0.1) is 0 Å². The zero-order chi connectivity index (χ0) is 20.3. The van der Waals surface area contributed by atoms with Crippen molar-refractivity contribution in [3.05, 3.63) is 52.4 Å². The van der Waals surface area contributed by atoms with Crippen LogP contribution in [0.5, 0.6) is 11.5 Å². The van der Waals surface area contributed by atoms with Crippen LogP contribution in [0.15, 0.2) is 42.5 Å². The molecule has 1 unspecified atom stereocenters. The Bertz CT molecular complexity index is 1030. The number of methoxy groups -OCH3 is 2. The minimum Gasteiger partial charge on any atom is -0.497 e. The minimum atomic E-state index is -1.04. The predicted octanol–water partition coefficient (Wildman–Crippen LogP) is 4.76. The van der Waals surface area contributed by atoms with Crippen LogP contribution in [-0.4, -0.2) is 32.2 Å². The zero-order valence-corrected chi connectivity index (χ0v) is 17.0. The summed E-state index contributed by atoms with van der Waals surface area (Å²) in [6.45, 7) is 1.49. The second-order valence-corrected chi connectivity index (χ2v) is 7.27. The Balaban J connectivity index is 1.73. The molecule has 8 heteroatoms. The third-order valence-corrected chi connectivity index (χ3v) is 5.69. The molecule has 3 rings (SSSR count). The summed E-state index contributed by atoms with van der Waals surface area (Å²) < 4.78 is 16.6. The van der Waals surface area contributed by atoms with Gasteiger partial charge in [0.1, 0.15) is 16.4 Å². The van der Waals surface area contributed by atoms with Gasteiger partial charge in [0.2, 0.25) is 0 Å². The number of rotatable bonds is 6. The lowest BCUT2D eigenvalue weighted by Crippen LogP contribution is -2.30. The lowest BCUT2D eigenvalue weighted by Gasteiger charge is -2.15. The highest BCUT2D eigenvalue weighted by atomic mass is 35.5. The largest absolute Gasteiger partial charge is 0.497 e. The van der Waals surface area contributed by atoms with Gasteiger partial charge in [0.15, 0.2) is 6.10 Å². The number of nitrogens with one attached hydrogen (secondary N) is 1. The summed E-state index contributed by atoms with van der Waals surface area (Å²) in [6, 6.07) is 12.4. The first kappa shape index (κ1) is 20.0. The Morgan fingerprint density at radius 1 is 1.11 bits per heavy atom. The Morgan fingerprint density at radius 2 is 1.86 bits per heavy atom. The number of hydrogen-bond donors (Lipinski definition) is 1. The summed E-state index contributed by atoms with van der Waals surface area (Å²) in [5.41, 5.74) is 0.412. The molecule has 1 heterocycles. The average Bonchev–Trinajstić information content (AvgIpc) is 3.04. The molecule has 1 aromatic heterocycles. The molecule has 0 aliphatic rings. The number of amides is 1. The molecule has 0 aliphatic heterocycles. The molecular weight excluding hydrogens is 402 g/mol. The van der Waals surface area contributed by atoms with E-state index >= 15 is 0 Å². The van der Waals surface area contributed by atoms with Gasteiger partial charge in [0.25, 0.3) is 5.91 Å². The van der Waals surface area contributed by atoms with Gasteiger partial charge in [-0.2, -0.15) is 0 Å². The van der Waals surface area contributed by atoms with Gasteiger partial charge in [-0.15, -0.1) is 11.3 Å². The van der Waals surface area contributed by atoms with Crippen molar-refractivity contribution in [2.45, 2.75) is 13.0 Å². The number of anilines is 1. The van der Waals surface area contributed by atoms with E-state index < -0.39 is 18.0 Å². The van der Waals surface area contributed by atoms with Gasteiger partial charge in [0, 0.05) is 16.2 Å². The molecule has 1 atom stereocenters. The van der Waals surface area contributed by atoms with Gasteiger partial charge in [-0.05, 0) is 25.1 Å². The molecule has 1 amide bonds. The SMILES string of the molecule is COc1ccc(OC)c(NC(=O)C(C)OC(=O)c2sc3ccccc3c2Cl)c1. The van der Waals surface area contributed by atoms with Crippen molar-refractivity contribution in [3.63, 3.8) is 0 Å². The Labute approximate surface area is 171 Å². The number of ether oxygens (including phenoxy) is 3. The molecule has 0 saturated heterocycles. The van der Waals surface area contributed by atoms with E-state index in [-0.39, 0.29) is 4.88 Å². The molecule has 0 radical (unpaired) electrons. The number of fused-ring (bicyclic) bond motifs is 1. The van der Waals surface area contributed by atoms with Crippen LogP contribution in [0.1, 0.15) is 16.6 Å². The number of halogens is 1. The minimum absolute atomic E-state index is 0.265. The van der Waals surface area contributed by atoms with Crippen LogP contribution >= 0.6 is 22.9 Å².